The molecule has 0 aromatic heterocycles. The van der Waals surface area contributed by atoms with Crippen LogP contribution in [0.2, 0.25) is 0 Å². The second kappa shape index (κ2) is 6.42. The molecule has 19 heavy (non-hydrogen) atoms. The summed E-state index contributed by atoms with van der Waals surface area (Å²) >= 11 is 0. The maximum absolute atomic E-state index is 3.63. The van der Waals surface area contributed by atoms with Gasteiger partial charge in [-0.25, -0.2) is 0 Å². The Morgan fingerprint density at radius 2 is 2.11 bits per heavy atom. The minimum absolute atomic E-state index is 0.581. The molecule has 0 radical (unpaired) electrons. The van der Waals surface area contributed by atoms with Crippen LogP contribution in [-0.2, 0) is 6.42 Å². The van der Waals surface area contributed by atoms with E-state index in [-0.39, 0.29) is 0 Å². The SMILES string of the molecule is CCNC(CN1CCCc2cc(C)ccc21)C(C)C. The van der Waals surface area contributed by atoms with Crippen molar-refractivity contribution in [2.75, 3.05) is 24.5 Å². The normalized spacial score (nSPS) is 16.6. The van der Waals surface area contributed by atoms with Crippen LogP contribution in [0.5, 0.6) is 0 Å². The Balaban J connectivity index is 2.14. The Morgan fingerprint density at radius 1 is 1.32 bits per heavy atom. The molecule has 0 fully saturated rings. The summed E-state index contributed by atoms with van der Waals surface area (Å²) in [6.07, 6.45) is 2.52. The fraction of sp³-hybridized carbons (Fsp3) is 0.647. The van der Waals surface area contributed by atoms with Crippen molar-refractivity contribution in [1.29, 1.82) is 0 Å². The highest BCUT2D eigenvalue weighted by molar-refractivity contribution is 5.56. The molecule has 2 rings (SSSR count). The van der Waals surface area contributed by atoms with Gasteiger partial charge in [0.25, 0.3) is 0 Å². The third kappa shape index (κ3) is 3.50. The van der Waals surface area contributed by atoms with E-state index in [0.29, 0.717) is 12.0 Å². The Bertz CT molecular complexity index is 412. The van der Waals surface area contributed by atoms with Crippen LogP contribution >= 0.6 is 0 Å². The van der Waals surface area contributed by atoms with Gasteiger partial charge in [-0.05, 0) is 43.9 Å². The first-order valence-electron chi connectivity index (χ1n) is 7.69. The van der Waals surface area contributed by atoms with Gasteiger partial charge >= 0.3 is 0 Å². The van der Waals surface area contributed by atoms with Crippen LogP contribution in [-0.4, -0.2) is 25.7 Å². The number of hydrogen-bond donors (Lipinski definition) is 1. The molecule has 1 N–H and O–H groups in total. The number of anilines is 1. The van der Waals surface area contributed by atoms with Gasteiger partial charge < -0.3 is 10.2 Å². The minimum atomic E-state index is 0.581. The van der Waals surface area contributed by atoms with Crippen molar-refractivity contribution in [2.24, 2.45) is 5.92 Å². The topological polar surface area (TPSA) is 15.3 Å². The smallest absolute Gasteiger partial charge is 0.0399 e. The molecule has 1 aromatic carbocycles. The fourth-order valence-corrected chi connectivity index (χ4v) is 3.00. The molecule has 106 valence electrons. The van der Waals surface area contributed by atoms with Gasteiger partial charge in [-0.1, -0.05) is 38.5 Å². The zero-order valence-electron chi connectivity index (χ0n) is 12.9. The Labute approximate surface area is 118 Å². The summed E-state index contributed by atoms with van der Waals surface area (Å²) in [6.45, 7) is 12.4. The van der Waals surface area contributed by atoms with E-state index in [0.717, 1.165) is 13.1 Å². The molecular weight excluding hydrogens is 232 g/mol. The van der Waals surface area contributed by atoms with Crippen molar-refractivity contribution >= 4 is 5.69 Å². The number of nitrogens with zero attached hydrogens (tertiary/aromatic N) is 1. The molecule has 0 aliphatic carbocycles. The lowest BCUT2D eigenvalue weighted by atomic mass is 9.97. The van der Waals surface area contributed by atoms with Gasteiger partial charge in [-0.3, -0.25) is 0 Å². The lowest BCUT2D eigenvalue weighted by Crippen LogP contribution is -2.45. The van der Waals surface area contributed by atoms with Crippen LogP contribution in [0.1, 0.15) is 38.3 Å². The number of aryl methyl sites for hydroxylation is 2. The first kappa shape index (κ1) is 14.4. The Morgan fingerprint density at radius 3 is 2.79 bits per heavy atom. The predicted molar refractivity (Wildman–Crippen MR) is 84.0 cm³/mol. The second-order valence-corrected chi connectivity index (χ2v) is 6.09. The Kier molecular flexibility index (Phi) is 4.87. The lowest BCUT2D eigenvalue weighted by molar-refractivity contribution is 0.402. The molecule has 2 nitrogen and oxygen atoms in total. The van der Waals surface area contributed by atoms with Gasteiger partial charge in [-0.2, -0.15) is 0 Å². The predicted octanol–water partition coefficient (Wildman–Crippen LogP) is 3.38. The number of likely N-dealkylation sites (N-methyl/N-ethyl adjacent to an activating group) is 1. The molecule has 1 unspecified atom stereocenters. The zero-order valence-corrected chi connectivity index (χ0v) is 12.9. The van der Waals surface area contributed by atoms with Crippen LogP contribution in [0, 0.1) is 12.8 Å². The molecule has 0 amide bonds. The van der Waals surface area contributed by atoms with Gasteiger partial charge in [-0.15, -0.1) is 0 Å². The van der Waals surface area contributed by atoms with E-state index < -0.39 is 0 Å². The van der Waals surface area contributed by atoms with Crippen molar-refractivity contribution in [1.82, 2.24) is 5.32 Å². The van der Waals surface area contributed by atoms with Gasteiger partial charge in [0.1, 0.15) is 0 Å². The summed E-state index contributed by atoms with van der Waals surface area (Å²) in [7, 11) is 0. The average molecular weight is 260 g/mol. The fourth-order valence-electron chi connectivity index (χ4n) is 3.00. The monoisotopic (exact) mass is 260 g/mol. The molecule has 1 aromatic rings. The number of fused-ring (bicyclic) bond motifs is 1. The molecule has 1 heterocycles. The summed E-state index contributed by atoms with van der Waals surface area (Å²) < 4.78 is 0. The van der Waals surface area contributed by atoms with Gasteiger partial charge in [0.2, 0.25) is 0 Å². The quantitative estimate of drug-likeness (QED) is 0.873. The van der Waals surface area contributed by atoms with Crippen LogP contribution in [0.3, 0.4) is 0 Å². The molecule has 2 heteroatoms. The number of benzene rings is 1. The first-order valence-corrected chi connectivity index (χ1v) is 7.69. The molecule has 1 atom stereocenters. The number of rotatable bonds is 5. The second-order valence-electron chi connectivity index (χ2n) is 6.09. The highest BCUT2D eigenvalue weighted by Gasteiger charge is 2.21. The van der Waals surface area contributed by atoms with E-state index in [2.05, 4.69) is 56.1 Å². The standard InChI is InChI=1S/C17H28N2/c1-5-18-16(13(2)3)12-19-10-6-7-15-11-14(4)8-9-17(15)19/h8-9,11,13,16,18H,5-7,10,12H2,1-4H3. The van der Waals surface area contributed by atoms with Crippen molar-refractivity contribution in [2.45, 2.75) is 46.6 Å². The minimum Gasteiger partial charge on any atom is -0.370 e. The molecule has 0 bridgehead atoms. The molecular formula is C17H28N2. The van der Waals surface area contributed by atoms with Gasteiger partial charge in [0.15, 0.2) is 0 Å². The van der Waals surface area contributed by atoms with Crippen LogP contribution in [0.25, 0.3) is 0 Å². The first-order chi connectivity index (χ1) is 9.11. The highest BCUT2D eigenvalue weighted by atomic mass is 15.2. The summed E-state index contributed by atoms with van der Waals surface area (Å²) in [5, 5.41) is 3.63. The molecule has 1 aliphatic rings. The van der Waals surface area contributed by atoms with E-state index in [1.807, 2.05) is 0 Å². The van der Waals surface area contributed by atoms with E-state index >= 15 is 0 Å². The van der Waals surface area contributed by atoms with Crippen molar-refractivity contribution in [3.8, 4) is 0 Å². The molecule has 0 saturated heterocycles. The van der Waals surface area contributed by atoms with E-state index in [4.69, 9.17) is 0 Å². The lowest BCUT2D eigenvalue weighted by Gasteiger charge is -2.36. The van der Waals surface area contributed by atoms with E-state index in [1.54, 1.807) is 0 Å². The summed E-state index contributed by atoms with van der Waals surface area (Å²) in [4.78, 5) is 2.58. The maximum atomic E-state index is 3.63. The largest absolute Gasteiger partial charge is 0.370 e. The van der Waals surface area contributed by atoms with Crippen LogP contribution in [0.4, 0.5) is 5.69 Å². The highest BCUT2D eigenvalue weighted by Crippen LogP contribution is 2.28. The maximum Gasteiger partial charge on any atom is 0.0399 e. The molecule has 0 saturated carbocycles. The van der Waals surface area contributed by atoms with Crippen molar-refractivity contribution in [3.63, 3.8) is 0 Å². The average Bonchev–Trinajstić information content (AvgIpc) is 2.37. The summed E-state index contributed by atoms with van der Waals surface area (Å²) in [6, 6.07) is 7.50. The summed E-state index contributed by atoms with van der Waals surface area (Å²) in [5.74, 6) is 0.677. The summed E-state index contributed by atoms with van der Waals surface area (Å²) in [5.41, 5.74) is 4.37. The van der Waals surface area contributed by atoms with Gasteiger partial charge in [0, 0.05) is 24.8 Å². The van der Waals surface area contributed by atoms with E-state index in [1.165, 1.54) is 36.2 Å². The van der Waals surface area contributed by atoms with Gasteiger partial charge in [0.05, 0.1) is 0 Å². The number of nitrogens with one attached hydrogen (secondary N) is 1. The number of hydrogen-bond acceptors (Lipinski definition) is 2. The van der Waals surface area contributed by atoms with Crippen molar-refractivity contribution in [3.05, 3.63) is 29.3 Å². The third-order valence-electron chi connectivity index (χ3n) is 4.14. The zero-order chi connectivity index (χ0) is 13.8. The molecule has 0 spiro atoms. The van der Waals surface area contributed by atoms with E-state index in [9.17, 15) is 0 Å². The van der Waals surface area contributed by atoms with Crippen LogP contribution < -0.4 is 10.2 Å². The van der Waals surface area contributed by atoms with Crippen LogP contribution in [0.15, 0.2) is 18.2 Å². The molecule has 1 aliphatic heterocycles. The Hall–Kier alpha value is -1.02. The third-order valence-corrected chi connectivity index (χ3v) is 4.14. The van der Waals surface area contributed by atoms with Crippen molar-refractivity contribution < 1.29 is 0 Å².